The molecule has 0 aliphatic rings. The van der Waals surface area contributed by atoms with Crippen molar-refractivity contribution >= 4 is 23.6 Å². The number of nitrogens with zero attached hydrogens (tertiary/aromatic N) is 1. The van der Waals surface area contributed by atoms with E-state index in [9.17, 15) is 19.5 Å². The van der Waals surface area contributed by atoms with Crippen molar-refractivity contribution in [1.82, 2.24) is 10.2 Å². The van der Waals surface area contributed by atoms with E-state index in [-0.39, 0.29) is 11.7 Å². The molecule has 0 aliphatic heterocycles. The predicted molar refractivity (Wildman–Crippen MR) is 150 cm³/mol. The summed E-state index contributed by atoms with van der Waals surface area (Å²) in [4.78, 5) is 42.3. The highest BCUT2D eigenvalue weighted by atomic mass is 16.6. The molecule has 0 fully saturated rings. The Morgan fingerprint density at radius 2 is 1.63 bits per heavy atom. The van der Waals surface area contributed by atoms with E-state index in [1.165, 1.54) is 11.0 Å². The minimum absolute atomic E-state index is 0.0957. The van der Waals surface area contributed by atoms with Crippen LogP contribution in [-0.2, 0) is 14.3 Å². The number of carbonyl (C=O) groups is 3. The first-order valence-corrected chi connectivity index (χ1v) is 13.1. The molecule has 0 heterocycles. The summed E-state index contributed by atoms with van der Waals surface area (Å²) in [5, 5.41) is 15.9. The number of phenols is 1. The van der Waals surface area contributed by atoms with Gasteiger partial charge >= 0.3 is 6.09 Å². The highest BCUT2D eigenvalue weighted by Crippen LogP contribution is 2.31. The number of nitrogens with one attached hydrogen (secondary N) is 2. The van der Waals surface area contributed by atoms with Crippen molar-refractivity contribution in [3.05, 3.63) is 59.2 Å². The van der Waals surface area contributed by atoms with Gasteiger partial charge < -0.3 is 25.4 Å². The summed E-state index contributed by atoms with van der Waals surface area (Å²) in [5.74, 6) is -0.918. The van der Waals surface area contributed by atoms with Crippen LogP contribution < -0.4 is 10.6 Å². The Hall–Kier alpha value is -3.55. The fourth-order valence-electron chi connectivity index (χ4n) is 4.16. The summed E-state index contributed by atoms with van der Waals surface area (Å²) < 4.78 is 5.44. The Balaban J connectivity index is 2.58. The number of ether oxygens (including phenoxy) is 1. The van der Waals surface area contributed by atoms with Gasteiger partial charge in [0.1, 0.15) is 23.4 Å². The Morgan fingerprint density at radius 1 is 1.00 bits per heavy atom. The molecule has 0 radical (unpaired) electrons. The van der Waals surface area contributed by atoms with Crippen molar-refractivity contribution in [1.29, 1.82) is 0 Å². The summed E-state index contributed by atoms with van der Waals surface area (Å²) in [5.41, 5.74) is 1.92. The zero-order chi connectivity index (χ0) is 28.8. The number of rotatable bonds is 9. The third-order valence-corrected chi connectivity index (χ3v) is 6.43. The molecule has 8 heteroatoms. The van der Waals surface area contributed by atoms with E-state index in [0.29, 0.717) is 23.2 Å². The van der Waals surface area contributed by atoms with Gasteiger partial charge in [-0.15, -0.1) is 0 Å². The van der Waals surface area contributed by atoms with E-state index in [0.717, 1.165) is 5.56 Å². The molecule has 0 aromatic heterocycles. The molecule has 0 saturated heterocycles. The van der Waals surface area contributed by atoms with Crippen LogP contribution in [-0.4, -0.2) is 45.6 Å². The van der Waals surface area contributed by atoms with E-state index >= 15 is 0 Å². The minimum atomic E-state index is -1.02. The molecule has 0 saturated carbocycles. The third-order valence-electron chi connectivity index (χ3n) is 6.43. The second-order valence-corrected chi connectivity index (χ2v) is 11.1. The summed E-state index contributed by atoms with van der Waals surface area (Å²) in [7, 11) is 0. The maximum atomic E-state index is 14.2. The highest BCUT2D eigenvalue weighted by Gasteiger charge is 2.39. The fraction of sp³-hybridized carbons (Fsp3) is 0.500. The lowest BCUT2D eigenvalue weighted by Crippen LogP contribution is -2.56. The van der Waals surface area contributed by atoms with Crippen molar-refractivity contribution in [3.8, 4) is 5.75 Å². The van der Waals surface area contributed by atoms with Crippen LogP contribution in [0.3, 0.4) is 0 Å². The molecule has 2 rings (SSSR count). The van der Waals surface area contributed by atoms with Gasteiger partial charge in [-0.2, -0.15) is 0 Å². The molecule has 0 aliphatic carbocycles. The second kappa shape index (κ2) is 12.8. The molecule has 3 atom stereocenters. The molecular formula is C30H43N3O5. The molecular weight excluding hydrogens is 482 g/mol. The zero-order valence-corrected chi connectivity index (χ0v) is 24.1. The van der Waals surface area contributed by atoms with Gasteiger partial charge in [0.2, 0.25) is 5.91 Å². The Bertz CT molecular complexity index is 1140. The standard InChI is InChI=1S/C30H43N3O5/c1-10-19(4)25(32-29(37)38-30(7,8)9)28(36)33(18(2)3)26(22-15-16-24(34)21(6)17-22)27(35)31-23-14-12-11-13-20(23)5/h11-19,25-26,34H,10H2,1-9H3,(H,31,35)(H,32,37). The van der Waals surface area contributed by atoms with E-state index in [1.807, 2.05) is 52.8 Å². The summed E-state index contributed by atoms with van der Waals surface area (Å²) in [6.07, 6.45) is -0.0717. The number of hydrogen-bond acceptors (Lipinski definition) is 5. The molecule has 38 heavy (non-hydrogen) atoms. The second-order valence-electron chi connectivity index (χ2n) is 11.1. The van der Waals surface area contributed by atoms with Crippen LogP contribution >= 0.6 is 0 Å². The normalized spacial score (nSPS) is 13.8. The molecule has 2 aromatic carbocycles. The van der Waals surface area contributed by atoms with Gasteiger partial charge in [0, 0.05) is 11.7 Å². The van der Waals surface area contributed by atoms with Crippen LogP contribution in [0, 0.1) is 19.8 Å². The molecule has 0 bridgehead atoms. The van der Waals surface area contributed by atoms with Crippen molar-refractivity contribution in [3.63, 3.8) is 0 Å². The van der Waals surface area contributed by atoms with Gasteiger partial charge in [0.15, 0.2) is 0 Å². The van der Waals surface area contributed by atoms with Crippen LogP contribution in [0.2, 0.25) is 0 Å². The molecule has 3 unspecified atom stereocenters. The lowest BCUT2D eigenvalue weighted by Gasteiger charge is -2.38. The molecule has 208 valence electrons. The number of phenolic OH excluding ortho intramolecular Hbond substituents is 1. The van der Waals surface area contributed by atoms with Gasteiger partial charge in [0.25, 0.3) is 5.91 Å². The Morgan fingerprint density at radius 3 is 2.16 bits per heavy atom. The summed E-state index contributed by atoms with van der Waals surface area (Å²) >= 11 is 0. The van der Waals surface area contributed by atoms with Gasteiger partial charge in [0.05, 0.1) is 0 Å². The topological polar surface area (TPSA) is 108 Å². The molecule has 2 aromatic rings. The fourth-order valence-corrected chi connectivity index (χ4v) is 4.16. The number of anilines is 1. The maximum absolute atomic E-state index is 14.2. The van der Waals surface area contributed by atoms with Crippen LogP contribution in [0.1, 0.15) is 77.6 Å². The number of para-hydroxylation sites is 1. The molecule has 3 amide bonds. The first-order chi connectivity index (χ1) is 17.7. The van der Waals surface area contributed by atoms with Crippen molar-refractivity contribution in [2.75, 3.05) is 5.32 Å². The summed E-state index contributed by atoms with van der Waals surface area (Å²) in [6.45, 7) is 16.4. The maximum Gasteiger partial charge on any atom is 0.408 e. The molecule has 0 spiro atoms. The first-order valence-electron chi connectivity index (χ1n) is 13.1. The van der Waals surface area contributed by atoms with Crippen LogP contribution in [0.15, 0.2) is 42.5 Å². The number of aromatic hydroxyl groups is 1. The highest BCUT2D eigenvalue weighted by molar-refractivity contribution is 5.99. The third kappa shape index (κ3) is 7.97. The van der Waals surface area contributed by atoms with Crippen molar-refractivity contribution in [2.24, 2.45) is 5.92 Å². The summed E-state index contributed by atoms with van der Waals surface area (Å²) in [6, 6.07) is 9.96. The van der Waals surface area contributed by atoms with Crippen molar-refractivity contribution in [2.45, 2.75) is 92.5 Å². The zero-order valence-electron chi connectivity index (χ0n) is 24.1. The number of amides is 3. The SMILES string of the molecule is CCC(C)C(NC(=O)OC(C)(C)C)C(=O)N(C(C)C)C(C(=O)Nc1ccccc1C)c1ccc(O)c(C)c1. The van der Waals surface area contributed by atoms with Crippen LogP contribution in [0.4, 0.5) is 10.5 Å². The Kier molecular flexibility index (Phi) is 10.3. The number of carbonyl (C=O) groups excluding carboxylic acids is 3. The van der Waals surface area contributed by atoms with E-state index in [2.05, 4.69) is 10.6 Å². The van der Waals surface area contributed by atoms with Crippen molar-refractivity contribution < 1.29 is 24.2 Å². The molecule has 8 nitrogen and oxygen atoms in total. The van der Waals surface area contributed by atoms with Crippen LogP contribution in [0.5, 0.6) is 5.75 Å². The number of benzene rings is 2. The van der Waals surface area contributed by atoms with E-state index < -0.39 is 41.6 Å². The lowest BCUT2D eigenvalue weighted by atomic mass is 9.94. The smallest absolute Gasteiger partial charge is 0.408 e. The number of aryl methyl sites for hydroxylation is 2. The first kappa shape index (κ1) is 30.7. The quantitative estimate of drug-likeness (QED) is 0.380. The van der Waals surface area contributed by atoms with E-state index in [4.69, 9.17) is 4.74 Å². The largest absolute Gasteiger partial charge is 0.508 e. The number of alkyl carbamates (subject to hydrolysis) is 1. The average Bonchev–Trinajstić information content (AvgIpc) is 2.82. The van der Waals surface area contributed by atoms with E-state index in [1.54, 1.807) is 45.9 Å². The number of hydrogen-bond donors (Lipinski definition) is 3. The monoisotopic (exact) mass is 525 g/mol. The van der Waals surface area contributed by atoms with Gasteiger partial charge in [-0.3, -0.25) is 9.59 Å². The predicted octanol–water partition coefficient (Wildman–Crippen LogP) is 5.87. The van der Waals surface area contributed by atoms with Gasteiger partial charge in [-0.05, 0) is 89.3 Å². The van der Waals surface area contributed by atoms with Gasteiger partial charge in [-0.25, -0.2) is 4.79 Å². The Labute approximate surface area is 226 Å². The lowest BCUT2D eigenvalue weighted by molar-refractivity contribution is -0.144. The minimum Gasteiger partial charge on any atom is -0.508 e. The van der Waals surface area contributed by atoms with Gasteiger partial charge in [-0.1, -0.05) is 44.5 Å². The average molecular weight is 526 g/mol. The molecule has 3 N–H and O–H groups in total. The van der Waals surface area contributed by atoms with Crippen LogP contribution in [0.25, 0.3) is 0 Å².